The number of rotatable bonds is 1. The van der Waals surface area contributed by atoms with Crippen LogP contribution in [0.3, 0.4) is 0 Å². The summed E-state index contributed by atoms with van der Waals surface area (Å²) in [4.78, 5) is 0. The van der Waals surface area contributed by atoms with Gasteiger partial charge in [-0.15, -0.1) is 0 Å². The fraction of sp³-hybridized carbons (Fsp3) is 0.125. The van der Waals surface area contributed by atoms with Gasteiger partial charge >= 0.3 is 0 Å². The molecule has 70 valence electrons. The van der Waals surface area contributed by atoms with E-state index in [-0.39, 0.29) is 5.69 Å². The minimum atomic E-state index is -0.426. The normalized spacial score (nSPS) is 9.46. The molecule has 0 bridgehead atoms. The Morgan fingerprint density at radius 2 is 2.23 bits per heavy atom. The van der Waals surface area contributed by atoms with Crippen molar-refractivity contribution < 1.29 is 4.39 Å². The van der Waals surface area contributed by atoms with Crippen molar-refractivity contribution in [1.29, 1.82) is 0 Å². The summed E-state index contributed by atoms with van der Waals surface area (Å²) < 4.78 is 13.1. The van der Waals surface area contributed by atoms with E-state index in [9.17, 15) is 4.39 Å². The molecule has 1 aromatic rings. The fourth-order valence-electron chi connectivity index (χ4n) is 0.793. The topological polar surface area (TPSA) is 24.1 Å². The zero-order valence-corrected chi connectivity index (χ0v) is 8.47. The number of nitrogens with one attached hydrogen (secondary N) is 2. The highest BCUT2D eigenvalue weighted by atomic mass is 35.5. The second-order valence-corrected chi connectivity index (χ2v) is 3.12. The van der Waals surface area contributed by atoms with Gasteiger partial charge in [0.25, 0.3) is 0 Å². The standard InChI is InChI=1S/C8H8ClFN2S/c1-11-8(13)12-7-5(9)3-2-4-6(7)10/h2-4H,1H3,(H2,11,12,13). The van der Waals surface area contributed by atoms with Crippen LogP contribution in [0.1, 0.15) is 0 Å². The summed E-state index contributed by atoms with van der Waals surface area (Å²) in [5, 5.41) is 5.93. The third-order valence-corrected chi connectivity index (χ3v) is 2.05. The second-order valence-electron chi connectivity index (χ2n) is 2.30. The van der Waals surface area contributed by atoms with Crippen molar-refractivity contribution in [1.82, 2.24) is 5.32 Å². The highest BCUT2D eigenvalue weighted by Gasteiger charge is 2.06. The van der Waals surface area contributed by atoms with Gasteiger partial charge in [0.2, 0.25) is 0 Å². The first kappa shape index (κ1) is 10.2. The third-order valence-electron chi connectivity index (χ3n) is 1.43. The average molecular weight is 219 g/mol. The molecule has 0 aliphatic heterocycles. The Labute approximate surface area is 86.1 Å². The van der Waals surface area contributed by atoms with Gasteiger partial charge in [-0.25, -0.2) is 4.39 Å². The van der Waals surface area contributed by atoms with E-state index in [1.54, 1.807) is 13.1 Å². The highest BCUT2D eigenvalue weighted by Crippen LogP contribution is 2.24. The van der Waals surface area contributed by atoms with Crippen LogP contribution in [0.15, 0.2) is 18.2 Å². The maximum atomic E-state index is 13.1. The summed E-state index contributed by atoms with van der Waals surface area (Å²) in [6.45, 7) is 0. The van der Waals surface area contributed by atoms with Gasteiger partial charge in [0.1, 0.15) is 5.82 Å². The smallest absolute Gasteiger partial charge is 0.170 e. The van der Waals surface area contributed by atoms with Crippen molar-refractivity contribution in [2.45, 2.75) is 0 Å². The Morgan fingerprint density at radius 3 is 2.77 bits per heavy atom. The van der Waals surface area contributed by atoms with Crippen molar-refractivity contribution in [2.24, 2.45) is 0 Å². The maximum absolute atomic E-state index is 13.1. The molecular formula is C8H8ClFN2S. The predicted octanol–water partition coefficient (Wildman–Crippen LogP) is 2.40. The summed E-state index contributed by atoms with van der Waals surface area (Å²) >= 11 is 10.5. The first-order valence-corrected chi connectivity index (χ1v) is 4.36. The molecule has 0 saturated heterocycles. The Balaban J connectivity index is 2.93. The molecule has 13 heavy (non-hydrogen) atoms. The molecule has 0 fully saturated rings. The Morgan fingerprint density at radius 1 is 1.54 bits per heavy atom. The van der Waals surface area contributed by atoms with Gasteiger partial charge in [0.15, 0.2) is 5.11 Å². The van der Waals surface area contributed by atoms with Crippen LogP contribution < -0.4 is 10.6 Å². The molecule has 0 aromatic heterocycles. The number of anilines is 1. The molecule has 2 nitrogen and oxygen atoms in total. The summed E-state index contributed by atoms with van der Waals surface area (Å²) in [7, 11) is 1.64. The van der Waals surface area contributed by atoms with E-state index in [2.05, 4.69) is 10.6 Å². The van der Waals surface area contributed by atoms with E-state index in [0.29, 0.717) is 10.1 Å². The minimum absolute atomic E-state index is 0.198. The number of halogens is 2. The summed E-state index contributed by atoms with van der Waals surface area (Å²) in [6, 6.07) is 4.43. The Hall–Kier alpha value is -0.870. The lowest BCUT2D eigenvalue weighted by molar-refractivity contribution is 0.632. The van der Waals surface area contributed by atoms with Crippen LogP contribution in [-0.2, 0) is 0 Å². The van der Waals surface area contributed by atoms with Gasteiger partial charge in [0.05, 0.1) is 10.7 Å². The number of hydrogen-bond acceptors (Lipinski definition) is 1. The van der Waals surface area contributed by atoms with Crippen LogP contribution in [0.2, 0.25) is 5.02 Å². The van der Waals surface area contributed by atoms with E-state index >= 15 is 0 Å². The van der Waals surface area contributed by atoms with E-state index in [4.69, 9.17) is 23.8 Å². The van der Waals surface area contributed by atoms with Crippen LogP contribution in [0.25, 0.3) is 0 Å². The van der Waals surface area contributed by atoms with Gasteiger partial charge in [0, 0.05) is 7.05 Å². The van der Waals surface area contributed by atoms with Crippen LogP contribution >= 0.6 is 23.8 Å². The van der Waals surface area contributed by atoms with Crippen LogP contribution in [0, 0.1) is 5.82 Å². The van der Waals surface area contributed by atoms with Crippen molar-refractivity contribution in [3.63, 3.8) is 0 Å². The molecule has 1 aromatic carbocycles. The van der Waals surface area contributed by atoms with E-state index in [1.807, 2.05) is 0 Å². The van der Waals surface area contributed by atoms with Gasteiger partial charge in [-0.2, -0.15) is 0 Å². The van der Waals surface area contributed by atoms with Gasteiger partial charge < -0.3 is 10.6 Å². The SMILES string of the molecule is CNC(=S)Nc1c(F)cccc1Cl. The molecule has 0 aliphatic carbocycles. The predicted molar refractivity (Wildman–Crippen MR) is 56.7 cm³/mol. The lowest BCUT2D eigenvalue weighted by Crippen LogP contribution is -2.24. The van der Waals surface area contributed by atoms with E-state index in [1.165, 1.54) is 12.1 Å². The molecular weight excluding hydrogens is 211 g/mol. The monoisotopic (exact) mass is 218 g/mol. The average Bonchev–Trinajstić information content (AvgIpc) is 2.11. The lowest BCUT2D eigenvalue weighted by Gasteiger charge is -2.09. The van der Waals surface area contributed by atoms with Crippen molar-refractivity contribution >= 4 is 34.6 Å². The first-order valence-electron chi connectivity index (χ1n) is 3.58. The molecule has 0 unspecified atom stereocenters. The number of hydrogen-bond donors (Lipinski definition) is 2. The minimum Gasteiger partial charge on any atom is -0.366 e. The highest BCUT2D eigenvalue weighted by molar-refractivity contribution is 7.80. The molecule has 5 heteroatoms. The quantitative estimate of drug-likeness (QED) is 0.708. The fourth-order valence-corrected chi connectivity index (χ4v) is 1.11. The lowest BCUT2D eigenvalue weighted by atomic mass is 10.3. The molecule has 0 saturated carbocycles. The maximum Gasteiger partial charge on any atom is 0.170 e. The molecule has 1 rings (SSSR count). The zero-order chi connectivity index (χ0) is 9.84. The molecule has 2 N–H and O–H groups in total. The molecule has 0 amide bonds. The van der Waals surface area contributed by atoms with E-state index in [0.717, 1.165) is 0 Å². The molecule has 0 aliphatic rings. The molecule has 0 atom stereocenters. The van der Waals surface area contributed by atoms with Crippen LogP contribution in [0.4, 0.5) is 10.1 Å². The van der Waals surface area contributed by atoms with Crippen LogP contribution in [-0.4, -0.2) is 12.2 Å². The summed E-state index contributed by atoms with van der Waals surface area (Å²) in [6.07, 6.45) is 0. The van der Waals surface area contributed by atoms with E-state index < -0.39 is 5.82 Å². The van der Waals surface area contributed by atoms with Gasteiger partial charge in [-0.05, 0) is 24.4 Å². The molecule has 0 radical (unpaired) electrons. The van der Waals surface area contributed by atoms with Crippen molar-refractivity contribution in [3.8, 4) is 0 Å². The Bertz CT molecular complexity index is 310. The molecule has 0 heterocycles. The van der Waals surface area contributed by atoms with Crippen molar-refractivity contribution in [3.05, 3.63) is 29.0 Å². The summed E-state index contributed by atoms with van der Waals surface area (Å²) in [5.41, 5.74) is 0.198. The van der Waals surface area contributed by atoms with Crippen LogP contribution in [0.5, 0.6) is 0 Å². The Kier molecular flexibility index (Phi) is 3.45. The van der Waals surface area contributed by atoms with Gasteiger partial charge in [-0.3, -0.25) is 0 Å². The second kappa shape index (κ2) is 4.39. The zero-order valence-electron chi connectivity index (χ0n) is 6.90. The summed E-state index contributed by atoms with van der Waals surface area (Å²) in [5.74, 6) is -0.426. The largest absolute Gasteiger partial charge is 0.366 e. The number of thiocarbonyl (C=S) groups is 1. The van der Waals surface area contributed by atoms with Crippen molar-refractivity contribution in [2.75, 3.05) is 12.4 Å². The first-order chi connectivity index (χ1) is 6.15. The number of para-hydroxylation sites is 1. The van der Waals surface area contributed by atoms with Gasteiger partial charge in [-0.1, -0.05) is 17.7 Å². The third kappa shape index (κ3) is 2.54. The number of benzene rings is 1. The molecule has 0 spiro atoms.